The lowest BCUT2D eigenvalue weighted by Gasteiger charge is -2.38. The van der Waals surface area contributed by atoms with Gasteiger partial charge < -0.3 is 4.74 Å². The lowest BCUT2D eigenvalue weighted by molar-refractivity contribution is -0.0494. The number of benzene rings is 1. The molecule has 1 atom stereocenters. The monoisotopic (exact) mass is 274 g/mol. The second kappa shape index (κ2) is 6.48. The fraction of sp³-hybridized carbons (Fsp3) is 0.538. The zero-order chi connectivity index (χ0) is 13.8. The van der Waals surface area contributed by atoms with Gasteiger partial charge in [0.1, 0.15) is 5.82 Å². The number of nitrogens with two attached hydrogens (primary N) is 1. The van der Waals surface area contributed by atoms with Gasteiger partial charge in [0.15, 0.2) is 0 Å². The van der Waals surface area contributed by atoms with Gasteiger partial charge in [-0.1, -0.05) is 31.5 Å². The first kappa shape index (κ1) is 15.4. The first-order valence-corrected chi connectivity index (χ1v) is 6.38. The number of hydrogen-bond donors (Lipinski definition) is 2. The maximum Gasteiger partial charge on any atom is 0.129 e. The van der Waals surface area contributed by atoms with Crippen LogP contribution in [-0.2, 0) is 4.74 Å². The zero-order valence-electron chi connectivity index (χ0n) is 11.0. The topological polar surface area (TPSA) is 47.3 Å². The van der Waals surface area contributed by atoms with Crippen molar-refractivity contribution >= 4 is 11.6 Å². The molecule has 0 saturated heterocycles. The molecule has 0 fully saturated rings. The van der Waals surface area contributed by atoms with Crippen molar-refractivity contribution in [1.29, 1.82) is 0 Å². The van der Waals surface area contributed by atoms with Crippen LogP contribution in [0.3, 0.4) is 0 Å². The van der Waals surface area contributed by atoms with Crippen molar-refractivity contribution in [2.45, 2.75) is 38.3 Å². The summed E-state index contributed by atoms with van der Waals surface area (Å²) in [6.07, 6.45) is 1.44. The van der Waals surface area contributed by atoms with E-state index >= 15 is 0 Å². The first-order valence-electron chi connectivity index (χ1n) is 6.00. The summed E-state index contributed by atoms with van der Waals surface area (Å²) in [7, 11) is 1.62. The molecule has 5 heteroatoms. The van der Waals surface area contributed by atoms with Crippen molar-refractivity contribution in [3.8, 4) is 0 Å². The van der Waals surface area contributed by atoms with E-state index in [9.17, 15) is 4.39 Å². The molecule has 0 aliphatic carbocycles. The van der Waals surface area contributed by atoms with E-state index in [1.54, 1.807) is 19.2 Å². The van der Waals surface area contributed by atoms with Crippen molar-refractivity contribution in [3.63, 3.8) is 0 Å². The van der Waals surface area contributed by atoms with Crippen LogP contribution in [0.25, 0.3) is 0 Å². The number of hydrogen-bond acceptors (Lipinski definition) is 3. The van der Waals surface area contributed by atoms with E-state index in [1.807, 2.05) is 13.8 Å². The number of methoxy groups -OCH3 is 1. The largest absolute Gasteiger partial charge is 0.376 e. The van der Waals surface area contributed by atoms with Crippen LogP contribution < -0.4 is 11.3 Å². The molecule has 0 aliphatic heterocycles. The third kappa shape index (κ3) is 2.83. The fourth-order valence-electron chi connectivity index (χ4n) is 2.33. The van der Waals surface area contributed by atoms with Crippen molar-refractivity contribution in [3.05, 3.63) is 34.6 Å². The number of nitrogens with one attached hydrogen (secondary N) is 1. The second-order valence-corrected chi connectivity index (χ2v) is 4.68. The Labute approximate surface area is 112 Å². The molecule has 0 spiro atoms. The van der Waals surface area contributed by atoms with Crippen molar-refractivity contribution in [1.82, 2.24) is 5.43 Å². The van der Waals surface area contributed by atoms with Crippen LogP contribution in [0.15, 0.2) is 18.2 Å². The third-order valence-corrected chi connectivity index (χ3v) is 3.80. The van der Waals surface area contributed by atoms with E-state index in [0.29, 0.717) is 10.6 Å². The standard InChI is InChI=1S/C13H20ClFN2O/c1-4-13(5-2,18-3)12(17-16)10-7-6-9(14)8-11(10)15/h6-8,12,17H,4-5,16H2,1-3H3. The van der Waals surface area contributed by atoms with Gasteiger partial charge in [0.2, 0.25) is 0 Å². The molecule has 0 heterocycles. The van der Waals surface area contributed by atoms with Crippen LogP contribution in [0.5, 0.6) is 0 Å². The van der Waals surface area contributed by atoms with E-state index in [4.69, 9.17) is 22.2 Å². The Morgan fingerprint density at radius 1 is 1.44 bits per heavy atom. The summed E-state index contributed by atoms with van der Waals surface area (Å²) in [5.74, 6) is 5.21. The van der Waals surface area contributed by atoms with Crippen LogP contribution in [0.1, 0.15) is 38.3 Å². The Bertz CT molecular complexity index is 388. The molecule has 1 unspecified atom stereocenters. The molecule has 0 bridgehead atoms. The smallest absolute Gasteiger partial charge is 0.129 e. The van der Waals surface area contributed by atoms with Crippen LogP contribution in [-0.4, -0.2) is 12.7 Å². The van der Waals surface area contributed by atoms with Crippen LogP contribution in [0.4, 0.5) is 4.39 Å². The molecular weight excluding hydrogens is 255 g/mol. The molecule has 102 valence electrons. The van der Waals surface area contributed by atoms with Crippen LogP contribution in [0, 0.1) is 5.82 Å². The number of halogens is 2. The van der Waals surface area contributed by atoms with E-state index in [2.05, 4.69) is 5.43 Å². The zero-order valence-corrected chi connectivity index (χ0v) is 11.7. The second-order valence-electron chi connectivity index (χ2n) is 4.24. The molecule has 18 heavy (non-hydrogen) atoms. The van der Waals surface area contributed by atoms with Crippen molar-refractivity contribution < 1.29 is 9.13 Å². The summed E-state index contributed by atoms with van der Waals surface area (Å²) in [4.78, 5) is 0. The lowest BCUT2D eigenvalue weighted by Crippen LogP contribution is -2.47. The van der Waals surface area contributed by atoms with E-state index in [-0.39, 0.29) is 5.82 Å². The summed E-state index contributed by atoms with van der Waals surface area (Å²) in [6.45, 7) is 3.98. The fourth-order valence-corrected chi connectivity index (χ4v) is 2.48. The molecule has 0 saturated carbocycles. The summed E-state index contributed by atoms with van der Waals surface area (Å²) >= 11 is 5.76. The predicted octanol–water partition coefficient (Wildman–Crippen LogP) is 3.19. The van der Waals surface area contributed by atoms with Gasteiger partial charge >= 0.3 is 0 Å². The highest BCUT2D eigenvalue weighted by molar-refractivity contribution is 6.30. The van der Waals surface area contributed by atoms with Crippen LogP contribution in [0.2, 0.25) is 5.02 Å². The van der Waals surface area contributed by atoms with Crippen molar-refractivity contribution in [2.24, 2.45) is 5.84 Å². The van der Waals surface area contributed by atoms with Gasteiger partial charge in [0.25, 0.3) is 0 Å². The summed E-state index contributed by atoms with van der Waals surface area (Å²) in [5.41, 5.74) is 2.59. The average molecular weight is 275 g/mol. The molecule has 0 radical (unpaired) electrons. The molecule has 0 aromatic heterocycles. The maximum absolute atomic E-state index is 14.0. The third-order valence-electron chi connectivity index (χ3n) is 3.57. The number of rotatable bonds is 6. The van der Waals surface area contributed by atoms with Gasteiger partial charge in [-0.2, -0.15) is 0 Å². The number of hydrazine groups is 1. The Kier molecular flexibility index (Phi) is 5.53. The highest BCUT2D eigenvalue weighted by atomic mass is 35.5. The molecule has 3 nitrogen and oxygen atoms in total. The van der Waals surface area contributed by atoms with Gasteiger partial charge in [-0.15, -0.1) is 0 Å². The summed E-state index contributed by atoms with van der Waals surface area (Å²) in [5, 5.41) is 0.364. The molecular formula is C13H20ClFN2O. The summed E-state index contributed by atoms with van der Waals surface area (Å²) in [6, 6.07) is 4.15. The minimum absolute atomic E-state index is 0.364. The van der Waals surface area contributed by atoms with E-state index in [0.717, 1.165) is 12.8 Å². The minimum Gasteiger partial charge on any atom is -0.376 e. The average Bonchev–Trinajstić information content (AvgIpc) is 2.38. The normalized spacial score (nSPS) is 13.7. The van der Waals surface area contributed by atoms with Gasteiger partial charge in [0, 0.05) is 17.7 Å². The van der Waals surface area contributed by atoms with Crippen LogP contribution >= 0.6 is 11.6 Å². The highest BCUT2D eigenvalue weighted by Gasteiger charge is 2.37. The Morgan fingerprint density at radius 2 is 2.06 bits per heavy atom. The lowest BCUT2D eigenvalue weighted by atomic mass is 9.84. The summed E-state index contributed by atoms with van der Waals surface area (Å²) < 4.78 is 19.6. The quantitative estimate of drug-likeness (QED) is 0.619. The van der Waals surface area contributed by atoms with Gasteiger partial charge in [-0.25, -0.2) is 9.82 Å². The molecule has 0 amide bonds. The van der Waals surface area contributed by atoms with Crippen molar-refractivity contribution in [2.75, 3.05) is 7.11 Å². The Morgan fingerprint density at radius 3 is 2.44 bits per heavy atom. The molecule has 1 aromatic rings. The first-order chi connectivity index (χ1) is 8.54. The molecule has 3 N–H and O–H groups in total. The van der Waals surface area contributed by atoms with Gasteiger partial charge in [-0.3, -0.25) is 5.84 Å². The Hall–Kier alpha value is -0.680. The van der Waals surface area contributed by atoms with Gasteiger partial charge in [-0.05, 0) is 25.0 Å². The highest BCUT2D eigenvalue weighted by Crippen LogP contribution is 2.36. The molecule has 1 aromatic carbocycles. The van der Waals surface area contributed by atoms with Gasteiger partial charge in [0.05, 0.1) is 11.6 Å². The van der Waals surface area contributed by atoms with E-state index < -0.39 is 11.6 Å². The maximum atomic E-state index is 14.0. The molecule has 1 rings (SSSR count). The Balaban J connectivity index is 3.23. The number of ether oxygens (including phenoxy) is 1. The molecule has 0 aliphatic rings. The minimum atomic E-state index is -0.538. The SMILES string of the molecule is CCC(CC)(OC)C(NN)c1ccc(Cl)cc1F. The predicted molar refractivity (Wildman–Crippen MR) is 71.8 cm³/mol. The van der Waals surface area contributed by atoms with E-state index in [1.165, 1.54) is 6.07 Å².